The average Bonchev–Trinajstić information content (AvgIpc) is 3.04. The van der Waals surface area contributed by atoms with Crippen LogP contribution in [0.2, 0.25) is 0 Å². The summed E-state index contributed by atoms with van der Waals surface area (Å²) in [6.07, 6.45) is 3.86. The van der Waals surface area contributed by atoms with Crippen molar-refractivity contribution in [3.63, 3.8) is 0 Å². The van der Waals surface area contributed by atoms with E-state index in [-0.39, 0.29) is 5.92 Å². The van der Waals surface area contributed by atoms with Crippen LogP contribution in [-0.2, 0) is 0 Å². The van der Waals surface area contributed by atoms with Gasteiger partial charge >= 0.3 is 0 Å². The summed E-state index contributed by atoms with van der Waals surface area (Å²) in [6, 6.07) is 2.44. The predicted octanol–water partition coefficient (Wildman–Crippen LogP) is 3.53. The lowest BCUT2D eigenvalue weighted by atomic mass is 9.79. The molecule has 0 radical (unpaired) electrons. The van der Waals surface area contributed by atoms with E-state index >= 15 is 0 Å². The van der Waals surface area contributed by atoms with Crippen molar-refractivity contribution in [1.82, 2.24) is 9.36 Å². The van der Waals surface area contributed by atoms with Crippen molar-refractivity contribution >= 4 is 11.5 Å². The normalized spacial score (nSPS) is 20.6. The smallest absolute Gasteiger partial charge is 0.139 e. The fraction of sp³-hybridized carbons (Fsp3) is 0.769. The standard InChI is InChI=1S/C13H19N3S/c1-4-11(10-5-6-10)8(2)12(7-14)13-15-9(3)16-17-13/h8,10-12H,4-6H2,1-3H3. The highest BCUT2D eigenvalue weighted by molar-refractivity contribution is 7.05. The summed E-state index contributed by atoms with van der Waals surface area (Å²) < 4.78 is 4.19. The molecule has 3 atom stereocenters. The quantitative estimate of drug-likeness (QED) is 0.802. The van der Waals surface area contributed by atoms with Gasteiger partial charge in [-0.2, -0.15) is 9.64 Å². The Hall–Kier alpha value is -0.950. The van der Waals surface area contributed by atoms with Gasteiger partial charge in [-0.25, -0.2) is 4.98 Å². The maximum atomic E-state index is 9.39. The summed E-state index contributed by atoms with van der Waals surface area (Å²) in [5, 5.41) is 10.3. The summed E-state index contributed by atoms with van der Waals surface area (Å²) in [7, 11) is 0. The summed E-state index contributed by atoms with van der Waals surface area (Å²) in [5.41, 5.74) is 0. The van der Waals surface area contributed by atoms with E-state index in [1.165, 1.54) is 30.8 Å². The minimum atomic E-state index is -0.0771. The number of aryl methyl sites for hydroxylation is 1. The number of aromatic nitrogens is 2. The Kier molecular flexibility index (Phi) is 3.78. The van der Waals surface area contributed by atoms with Gasteiger partial charge in [0.25, 0.3) is 0 Å². The van der Waals surface area contributed by atoms with Crippen LogP contribution in [0.3, 0.4) is 0 Å². The van der Waals surface area contributed by atoms with E-state index in [0.29, 0.717) is 11.8 Å². The third kappa shape index (κ3) is 2.66. The van der Waals surface area contributed by atoms with Crippen LogP contribution in [0, 0.1) is 36.0 Å². The molecule has 1 aliphatic rings. The van der Waals surface area contributed by atoms with Crippen LogP contribution in [0.1, 0.15) is 49.9 Å². The molecule has 0 N–H and O–H groups in total. The average molecular weight is 249 g/mol. The van der Waals surface area contributed by atoms with Gasteiger partial charge in [0, 0.05) is 0 Å². The molecule has 1 aromatic rings. The number of nitrogens with zero attached hydrogens (tertiary/aromatic N) is 3. The largest absolute Gasteiger partial charge is 0.223 e. The molecule has 92 valence electrons. The Balaban J connectivity index is 2.14. The zero-order chi connectivity index (χ0) is 12.4. The zero-order valence-electron chi connectivity index (χ0n) is 10.7. The van der Waals surface area contributed by atoms with Crippen molar-refractivity contribution in [2.45, 2.75) is 46.0 Å². The second kappa shape index (κ2) is 5.14. The maximum absolute atomic E-state index is 9.39. The summed E-state index contributed by atoms with van der Waals surface area (Å²) in [5.74, 6) is 2.62. The molecule has 1 heterocycles. The van der Waals surface area contributed by atoms with Crippen LogP contribution in [0.25, 0.3) is 0 Å². The van der Waals surface area contributed by atoms with Crippen molar-refractivity contribution in [3.05, 3.63) is 10.8 Å². The molecule has 0 amide bonds. The molecule has 0 aliphatic heterocycles. The minimum absolute atomic E-state index is 0.0771. The Labute approximate surface area is 107 Å². The lowest BCUT2D eigenvalue weighted by Crippen LogP contribution is -2.20. The lowest BCUT2D eigenvalue weighted by molar-refractivity contribution is 0.288. The molecule has 3 unspecified atom stereocenters. The van der Waals surface area contributed by atoms with Gasteiger partial charge in [-0.1, -0.05) is 20.3 Å². The fourth-order valence-corrected chi connectivity index (χ4v) is 3.56. The van der Waals surface area contributed by atoms with Crippen LogP contribution >= 0.6 is 11.5 Å². The third-order valence-electron chi connectivity index (χ3n) is 3.85. The molecule has 1 fully saturated rings. The predicted molar refractivity (Wildman–Crippen MR) is 68.7 cm³/mol. The zero-order valence-corrected chi connectivity index (χ0v) is 11.5. The van der Waals surface area contributed by atoms with Gasteiger partial charge in [-0.3, -0.25) is 0 Å². The second-order valence-corrected chi connectivity index (χ2v) is 5.84. The topological polar surface area (TPSA) is 49.6 Å². The molecule has 3 nitrogen and oxygen atoms in total. The van der Waals surface area contributed by atoms with E-state index < -0.39 is 0 Å². The van der Waals surface area contributed by atoms with E-state index in [1.807, 2.05) is 6.92 Å². The minimum Gasteiger partial charge on any atom is -0.223 e. The highest BCUT2D eigenvalue weighted by atomic mass is 32.1. The van der Waals surface area contributed by atoms with Crippen molar-refractivity contribution in [1.29, 1.82) is 5.26 Å². The molecule has 1 saturated carbocycles. The summed E-state index contributed by atoms with van der Waals surface area (Å²) >= 11 is 1.39. The molecule has 2 rings (SSSR count). The molecular formula is C13H19N3S. The monoisotopic (exact) mass is 249 g/mol. The molecule has 0 aromatic carbocycles. The van der Waals surface area contributed by atoms with E-state index in [0.717, 1.165) is 16.7 Å². The van der Waals surface area contributed by atoms with Gasteiger partial charge in [0.05, 0.1) is 6.07 Å². The SMILES string of the molecule is CCC(C1CC1)C(C)C(C#N)c1nc(C)ns1. The van der Waals surface area contributed by atoms with E-state index in [1.54, 1.807) is 0 Å². The van der Waals surface area contributed by atoms with Crippen LogP contribution < -0.4 is 0 Å². The Morgan fingerprint density at radius 2 is 2.24 bits per heavy atom. The molecule has 1 aliphatic carbocycles. The van der Waals surface area contributed by atoms with E-state index in [2.05, 4.69) is 29.3 Å². The molecule has 0 spiro atoms. The van der Waals surface area contributed by atoms with Gasteiger partial charge in [-0.15, -0.1) is 0 Å². The van der Waals surface area contributed by atoms with Gasteiger partial charge in [0.15, 0.2) is 0 Å². The lowest BCUT2D eigenvalue weighted by Gasteiger charge is -2.25. The van der Waals surface area contributed by atoms with Crippen LogP contribution in [0.4, 0.5) is 0 Å². The first-order chi connectivity index (χ1) is 8.17. The number of hydrogen-bond acceptors (Lipinski definition) is 4. The first-order valence-electron chi connectivity index (χ1n) is 6.37. The molecule has 4 heteroatoms. The molecular weight excluding hydrogens is 230 g/mol. The molecule has 0 saturated heterocycles. The van der Waals surface area contributed by atoms with Gasteiger partial charge in [-0.05, 0) is 49.1 Å². The van der Waals surface area contributed by atoms with Crippen molar-refractivity contribution < 1.29 is 0 Å². The second-order valence-electron chi connectivity index (χ2n) is 5.06. The van der Waals surface area contributed by atoms with Crippen molar-refractivity contribution in [2.75, 3.05) is 0 Å². The maximum Gasteiger partial charge on any atom is 0.139 e. The van der Waals surface area contributed by atoms with E-state index in [4.69, 9.17) is 0 Å². The first-order valence-corrected chi connectivity index (χ1v) is 7.14. The van der Waals surface area contributed by atoms with Gasteiger partial charge < -0.3 is 0 Å². The van der Waals surface area contributed by atoms with Crippen LogP contribution in [0.15, 0.2) is 0 Å². The Bertz CT molecular complexity index is 417. The van der Waals surface area contributed by atoms with E-state index in [9.17, 15) is 5.26 Å². The molecule has 1 aromatic heterocycles. The Morgan fingerprint density at radius 3 is 2.65 bits per heavy atom. The van der Waals surface area contributed by atoms with Crippen molar-refractivity contribution in [2.24, 2.45) is 17.8 Å². The fourth-order valence-electron chi connectivity index (χ4n) is 2.74. The molecule has 0 bridgehead atoms. The number of rotatable bonds is 5. The summed E-state index contributed by atoms with van der Waals surface area (Å²) in [6.45, 7) is 6.33. The van der Waals surface area contributed by atoms with Crippen LogP contribution in [0.5, 0.6) is 0 Å². The van der Waals surface area contributed by atoms with Gasteiger partial charge in [0.1, 0.15) is 16.7 Å². The van der Waals surface area contributed by atoms with Gasteiger partial charge in [0.2, 0.25) is 0 Å². The third-order valence-corrected chi connectivity index (χ3v) is 4.74. The number of hydrogen-bond donors (Lipinski definition) is 0. The Morgan fingerprint density at radius 1 is 1.53 bits per heavy atom. The van der Waals surface area contributed by atoms with Crippen molar-refractivity contribution in [3.8, 4) is 6.07 Å². The molecule has 17 heavy (non-hydrogen) atoms. The number of nitriles is 1. The highest BCUT2D eigenvalue weighted by Crippen LogP contribution is 2.46. The summed E-state index contributed by atoms with van der Waals surface area (Å²) in [4.78, 5) is 4.38. The highest BCUT2D eigenvalue weighted by Gasteiger charge is 2.38. The first kappa shape index (κ1) is 12.5. The van der Waals surface area contributed by atoms with Crippen LogP contribution in [-0.4, -0.2) is 9.36 Å².